The summed E-state index contributed by atoms with van der Waals surface area (Å²) in [5.41, 5.74) is 9.29. The van der Waals surface area contributed by atoms with Crippen LogP contribution in [0.3, 0.4) is 0 Å². The second-order valence-electron chi connectivity index (χ2n) is 8.76. The van der Waals surface area contributed by atoms with E-state index in [0.717, 1.165) is 16.0 Å². The fraction of sp³-hybridized carbons (Fsp3) is 0.417. The fourth-order valence-corrected chi connectivity index (χ4v) is 3.96. The van der Waals surface area contributed by atoms with Gasteiger partial charge < -0.3 is 10.2 Å². The van der Waals surface area contributed by atoms with E-state index < -0.39 is 55.4 Å². The number of hydrogen-bond donors (Lipinski definition) is 3. The Morgan fingerprint density at radius 2 is 1.89 bits per heavy atom. The molecule has 1 aromatic heterocycles. The van der Waals surface area contributed by atoms with Gasteiger partial charge in [0.2, 0.25) is 11.8 Å². The summed E-state index contributed by atoms with van der Waals surface area (Å²) in [7, 11) is 0. The summed E-state index contributed by atoms with van der Waals surface area (Å²) in [6.07, 6.45) is -3.30. The first kappa shape index (κ1) is 26.8. The second-order valence-corrected chi connectivity index (χ2v) is 8.76. The smallest absolute Gasteiger partial charge is 0.296 e. The first-order chi connectivity index (χ1) is 17.1. The number of aromatic nitrogens is 1. The van der Waals surface area contributed by atoms with Crippen LogP contribution in [-0.4, -0.2) is 64.3 Å². The molecule has 192 valence electrons. The molecule has 1 aromatic carbocycles. The third kappa shape index (κ3) is 6.23. The van der Waals surface area contributed by atoms with Crippen LogP contribution in [0.2, 0.25) is 0 Å². The van der Waals surface area contributed by atoms with E-state index in [9.17, 15) is 22.8 Å². The Bertz CT molecular complexity index is 1080. The number of hydrogen-bond acceptors (Lipinski definition) is 6. The highest BCUT2D eigenvalue weighted by Gasteiger charge is 2.41. The topological polar surface area (TPSA) is 126 Å². The summed E-state index contributed by atoms with van der Waals surface area (Å²) < 4.78 is 40.0. The molecule has 1 saturated heterocycles. The van der Waals surface area contributed by atoms with Crippen molar-refractivity contribution < 1.29 is 22.8 Å². The molecule has 3 rings (SSSR count). The molecular formula is C24H28F3N7O2. The van der Waals surface area contributed by atoms with Crippen molar-refractivity contribution >= 4 is 17.6 Å². The lowest BCUT2D eigenvalue weighted by Gasteiger charge is -2.28. The van der Waals surface area contributed by atoms with Gasteiger partial charge in [-0.15, -0.1) is 0 Å². The van der Waals surface area contributed by atoms with Crippen molar-refractivity contribution in [1.29, 1.82) is 10.9 Å². The van der Waals surface area contributed by atoms with E-state index in [1.807, 2.05) is 38.1 Å². The standard InChI is InChI=1S/C24H28F3N7O2/c1-14(2)16-8-9-18(30-11-16)21(15-6-4-3-5-7-15)31-24(36)19-10-17(25)12-33(19)20(35)13-34(32-29)23(28)22(26)27/h3-9,11,14,17,19,21-22,28-29H,10,12-13H2,1-2H3,(H,31,36)/t17-,19+,21+/m1/s1. The molecule has 0 radical (unpaired) electrons. The van der Waals surface area contributed by atoms with Gasteiger partial charge in [-0.25, -0.2) is 18.2 Å². The lowest BCUT2D eigenvalue weighted by molar-refractivity contribution is -0.139. The number of benzene rings is 1. The number of carbonyl (C=O) groups excluding carboxylic acids is 2. The third-order valence-electron chi connectivity index (χ3n) is 5.95. The first-order valence-corrected chi connectivity index (χ1v) is 11.4. The SMILES string of the molecule is CC(C)c1ccc([C@@H](NC(=O)[C@@H]2C[C@@H](F)CN2C(=O)CN(N=N)C(=N)C(F)F)c2ccccc2)nc1. The zero-order chi connectivity index (χ0) is 26.4. The van der Waals surface area contributed by atoms with Crippen LogP contribution in [-0.2, 0) is 9.59 Å². The zero-order valence-electron chi connectivity index (χ0n) is 19.9. The quantitative estimate of drug-likeness (QED) is 0.208. The van der Waals surface area contributed by atoms with Crippen molar-refractivity contribution in [1.82, 2.24) is 20.2 Å². The number of amides is 2. The predicted octanol–water partition coefficient (Wildman–Crippen LogP) is 3.84. The number of carbonyl (C=O) groups is 2. The van der Waals surface area contributed by atoms with E-state index >= 15 is 0 Å². The van der Waals surface area contributed by atoms with E-state index in [2.05, 4.69) is 15.5 Å². The number of pyridine rings is 1. The molecule has 0 aliphatic carbocycles. The predicted molar refractivity (Wildman–Crippen MR) is 125 cm³/mol. The molecule has 12 heteroatoms. The average Bonchev–Trinajstić information content (AvgIpc) is 3.27. The van der Waals surface area contributed by atoms with Crippen molar-refractivity contribution in [2.24, 2.45) is 5.22 Å². The van der Waals surface area contributed by atoms with Gasteiger partial charge in [-0.2, -0.15) is 5.53 Å². The van der Waals surface area contributed by atoms with Crippen molar-refractivity contribution in [2.45, 2.75) is 50.9 Å². The minimum atomic E-state index is -3.25. The molecule has 36 heavy (non-hydrogen) atoms. The average molecular weight is 504 g/mol. The minimum absolute atomic E-state index is 0.209. The molecule has 1 aliphatic heterocycles. The summed E-state index contributed by atoms with van der Waals surface area (Å²) in [6, 6.07) is 10.9. The molecule has 9 nitrogen and oxygen atoms in total. The molecule has 0 saturated carbocycles. The number of amidine groups is 1. The molecular weight excluding hydrogens is 475 g/mol. The van der Waals surface area contributed by atoms with Gasteiger partial charge in [-0.1, -0.05) is 55.5 Å². The Morgan fingerprint density at radius 1 is 1.19 bits per heavy atom. The molecule has 3 atom stereocenters. The van der Waals surface area contributed by atoms with Crippen LogP contribution in [0.5, 0.6) is 0 Å². The highest BCUT2D eigenvalue weighted by atomic mass is 19.3. The van der Waals surface area contributed by atoms with E-state index in [1.165, 1.54) is 0 Å². The van der Waals surface area contributed by atoms with Crippen LogP contribution in [0.25, 0.3) is 0 Å². The maximum absolute atomic E-state index is 14.3. The summed E-state index contributed by atoms with van der Waals surface area (Å²) in [5.74, 6) is -2.61. The number of likely N-dealkylation sites (tertiary alicyclic amines) is 1. The lowest BCUT2D eigenvalue weighted by Crippen LogP contribution is -2.50. The van der Waals surface area contributed by atoms with Crippen molar-refractivity contribution in [3.8, 4) is 0 Å². The molecule has 2 heterocycles. The van der Waals surface area contributed by atoms with Gasteiger partial charge in [0.25, 0.3) is 6.43 Å². The molecule has 1 fully saturated rings. The number of halogens is 3. The van der Waals surface area contributed by atoms with Gasteiger partial charge in [0.1, 0.15) is 18.8 Å². The molecule has 0 bridgehead atoms. The Kier molecular flexibility index (Phi) is 8.73. The van der Waals surface area contributed by atoms with E-state index in [-0.39, 0.29) is 17.3 Å². The normalized spacial score (nSPS) is 18.2. The molecule has 2 aromatic rings. The van der Waals surface area contributed by atoms with Crippen molar-refractivity contribution in [3.05, 3.63) is 65.5 Å². The highest BCUT2D eigenvalue weighted by molar-refractivity contribution is 5.92. The van der Waals surface area contributed by atoms with Crippen LogP contribution in [0.4, 0.5) is 13.2 Å². The van der Waals surface area contributed by atoms with Gasteiger partial charge in [0, 0.05) is 12.6 Å². The van der Waals surface area contributed by atoms with Crippen LogP contribution in [0.15, 0.2) is 53.9 Å². The molecule has 0 spiro atoms. The van der Waals surface area contributed by atoms with Crippen molar-refractivity contribution in [2.75, 3.05) is 13.1 Å². The minimum Gasteiger partial charge on any atom is -0.342 e. The first-order valence-electron chi connectivity index (χ1n) is 11.4. The number of nitrogens with zero attached hydrogens (tertiary/aromatic N) is 4. The van der Waals surface area contributed by atoms with Gasteiger partial charge in [0.05, 0.1) is 18.3 Å². The summed E-state index contributed by atoms with van der Waals surface area (Å²) in [6.45, 7) is 2.76. The Hall–Kier alpha value is -3.83. The van der Waals surface area contributed by atoms with Gasteiger partial charge in [0.15, 0.2) is 5.84 Å². The van der Waals surface area contributed by atoms with E-state index in [1.54, 1.807) is 24.4 Å². The Morgan fingerprint density at radius 3 is 2.44 bits per heavy atom. The second kappa shape index (κ2) is 11.7. The maximum atomic E-state index is 14.3. The Labute approximate surface area is 206 Å². The maximum Gasteiger partial charge on any atom is 0.296 e. The van der Waals surface area contributed by atoms with E-state index in [4.69, 9.17) is 10.9 Å². The monoisotopic (exact) mass is 503 g/mol. The van der Waals surface area contributed by atoms with Gasteiger partial charge in [-0.05, 0) is 23.1 Å². The summed E-state index contributed by atoms with van der Waals surface area (Å²) in [4.78, 5) is 31.5. The number of alkyl halides is 3. The van der Waals surface area contributed by atoms with E-state index in [0.29, 0.717) is 5.69 Å². The van der Waals surface area contributed by atoms with Crippen molar-refractivity contribution in [3.63, 3.8) is 0 Å². The zero-order valence-corrected chi connectivity index (χ0v) is 19.9. The molecule has 2 amide bonds. The third-order valence-corrected chi connectivity index (χ3v) is 5.95. The van der Waals surface area contributed by atoms with Crippen LogP contribution in [0.1, 0.15) is 49.0 Å². The number of rotatable bonds is 9. The fourth-order valence-electron chi connectivity index (χ4n) is 3.96. The summed E-state index contributed by atoms with van der Waals surface area (Å²) in [5, 5.41) is 13.1. The number of nitrogens with one attached hydrogen (secondary N) is 3. The van der Waals surface area contributed by atoms with Gasteiger partial charge >= 0.3 is 0 Å². The molecule has 0 unspecified atom stereocenters. The lowest BCUT2D eigenvalue weighted by atomic mass is 10.00. The summed E-state index contributed by atoms with van der Waals surface area (Å²) >= 11 is 0. The van der Waals surface area contributed by atoms with Crippen LogP contribution >= 0.6 is 0 Å². The van der Waals surface area contributed by atoms with Gasteiger partial charge in [-0.3, -0.25) is 20.0 Å². The highest BCUT2D eigenvalue weighted by Crippen LogP contribution is 2.26. The molecule has 1 aliphatic rings. The largest absolute Gasteiger partial charge is 0.342 e. The van der Waals surface area contributed by atoms with Crippen LogP contribution < -0.4 is 5.32 Å². The molecule has 3 N–H and O–H groups in total. The Balaban J connectivity index is 1.82. The van der Waals surface area contributed by atoms with Crippen LogP contribution in [0, 0.1) is 10.9 Å².